The molecular weight excluding hydrogens is 234 g/mol. The SMILES string of the molecule is CCCCCON(C)C.O=C(O)N1C=CN=CC1. The summed E-state index contributed by atoms with van der Waals surface area (Å²) >= 11 is 0. The zero-order valence-electron chi connectivity index (χ0n) is 11.4. The third kappa shape index (κ3) is 9.80. The number of aliphatic imine (C=N–C) groups is 1. The lowest BCUT2D eigenvalue weighted by atomic mass is 10.3. The van der Waals surface area contributed by atoms with Gasteiger partial charge in [0.1, 0.15) is 0 Å². The zero-order valence-corrected chi connectivity index (χ0v) is 11.4. The van der Waals surface area contributed by atoms with Crippen molar-refractivity contribution < 1.29 is 14.7 Å². The topological polar surface area (TPSA) is 65.4 Å². The van der Waals surface area contributed by atoms with Gasteiger partial charge in [0.25, 0.3) is 0 Å². The Kier molecular flexibility index (Phi) is 9.90. The molecule has 1 amide bonds. The van der Waals surface area contributed by atoms with Crippen LogP contribution in [0.1, 0.15) is 26.2 Å². The molecule has 0 aromatic rings. The third-order valence-corrected chi connectivity index (χ3v) is 2.06. The van der Waals surface area contributed by atoms with Crippen LogP contribution in [0.2, 0.25) is 0 Å². The van der Waals surface area contributed by atoms with Gasteiger partial charge in [0, 0.05) is 32.7 Å². The molecule has 0 unspecified atom stereocenters. The number of hydroxylamine groups is 2. The minimum Gasteiger partial charge on any atom is -0.465 e. The van der Waals surface area contributed by atoms with Crippen LogP contribution in [0, 0.1) is 0 Å². The van der Waals surface area contributed by atoms with E-state index in [9.17, 15) is 4.79 Å². The number of unbranched alkanes of at least 4 members (excludes halogenated alkanes) is 2. The van der Waals surface area contributed by atoms with Crippen molar-refractivity contribution in [3.05, 3.63) is 12.4 Å². The van der Waals surface area contributed by atoms with Gasteiger partial charge in [-0.15, -0.1) is 0 Å². The number of nitrogens with zero attached hydrogens (tertiary/aromatic N) is 3. The van der Waals surface area contributed by atoms with E-state index in [1.807, 2.05) is 14.1 Å². The lowest BCUT2D eigenvalue weighted by molar-refractivity contribution is -0.120. The van der Waals surface area contributed by atoms with Crippen LogP contribution in [0.3, 0.4) is 0 Å². The highest BCUT2D eigenvalue weighted by molar-refractivity contribution is 5.73. The van der Waals surface area contributed by atoms with Crippen molar-refractivity contribution in [1.82, 2.24) is 9.96 Å². The molecule has 0 aromatic heterocycles. The van der Waals surface area contributed by atoms with E-state index in [-0.39, 0.29) is 0 Å². The quantitative estimate of drug-likeness (QED) is 0.605. The Labute approximate surface area is 109 Å². The van der Waals surface area contributed by atoms with Crippen molar-refractivity contribution in [2.45, 2.75) is 26.2 Å². The monoisotopic (exact) mass is 257 g/mol. The predicted octanol–water partition coefficient (Wildman–Crippen LogP) is 2.19. The average molecular weight is 257 g/mol. The lowest BCUT2D eigenvalue weighted by Gasteiger charge is -2.11. The van der Waals surface area contributed by atoms with Gasteiger partial charge >= 0.3 is 6.09 Å². The van der Waals surface area contributed by atoms with Gasteiger partial charge in [0.05, 0.1) is 13.2 Å². The molecule has 1 rings (SSSR count). The summed E-state index contributed by atoms with van der Waals surface area (Å²) in [6.07, 6.45) is 7.16. The highest BCUT2D eigenvalue weighted by atomic mass is 16.7. The second kappa shape index (κ2) is 10.7. The van der Waals surface area contributed by atoms with E-state index in [0.29, 0.717) is 6.54 Å². The first kappa shape index (κ1) is 16.6. The first-order chi connectivity index (χ1) is 8.57. The molecule has 1 aliphatic heterocycles. The molecule has 1 heterocycles. The maximum Gasteiger partial charge on any atom is 0.411 e. The van der Waals surface area contributed by atoms with Gasteiger partial charge in [0.15, 0.2) is 0 Å². The van der Waals surface area contributed by atoms with E-state index in [1.165, 1.54) is 37.9 Å². The van der Waals surface area contributed by atoms with E-state index in [0.717, 1.165) is 11.5 Å². The number of carbonyl (C=O) groups is 1. The molecule has 6 nitrogen and oxygen atoms in total. The van der Waals surface area contributed by atoms with Gasteiger partial charge in [-0.2, -0.15) is 5.06 Å². The number of rotatable bonds is 5. The van der Waals surface area contributed by atoms with E-state index in [2.05, 4.69) is 11.9 Å². The van der Waals surface area contributed by atoms with Crippen LogP contribution in [-0.2, 0) is 4.84 Å². The van der Waals surface area contributed by atoms with Gasteiger partial charge < -0.3 is 5.11 Å². The van der Waals surface area contributed by atoms with Crippen molar-refractivity contribution in [2.75, 3.05) is 27.2 Å². The molecule has 0 saturated heterocycles. The summed E-state index contributed by atoms with van der Waals surface area (Å²) in [6.45, 7) is 3.41. The molecule has 1 N–H and O–H groups in total. The van der Waals surface area contributed by atoms with Crippen molar-refractivity contribution in [3.63, 3.8) is 0 Å². The van der Waals surface area contributed by atoms with Crippen molar-refractivity contribution in [1.29, 1.82) is 0 Å². The molecule has 0 fully saturated rings. The second-order valence-electron chi connectivity index (χ2n) is 3.92. The minimum absolute atomic E-state index is 0.353. The maximum atomic E-state index is 10.2. The van der Waals surface area contributed by atoms with Gasteiger partial charge in [-0.25, -0.2) is 4.79 Å². The van der Waals surface area contributed by atoms with Crippen LogP contribution in [0.25, 0.3) is 0 Å². The third-order valence-electron chi connectivity index (χ3n) is 2.06. The smallest absolute Gasteiger partial charge is 0.411 e. The Morgan fingerprint density at radius 2 is 2.22 bits per heavy atom. The molecule has 1 aliphatic rings. The maximum absolute atomic E-state index is 10.2. The fourth-order valence-corrected chi connectivity index (χ4v) is 1.12. The molecule has 18 heavy (non-hydrogen) atoms. The Morgan fingerprint density at radius 3 is 2.61 bits per heavy atom. The van der Waals surface area contributed by atoms with Crippen LogP contribution >= 0.6 is 0 Å². The number of hydrogen-bond donors (Lipinski definition) is 1. The molecule has 0 atom stereocenters. The van der Waals surface area contributed by atoms with E-state index >= 15 is 0 Å². The van der Waals surface area contributed by atoms with Crippen molar-refractivity contribution in [2.24, 2.45) is 4.99 Å². The Balaban J connectivity index is 0.000000321. The van der Waals surface area contributed by atoms with Gasteiger partial charge in [-0.1, -0.05) is 19.8 Å². The minimum atomic E-state index is -0.947. The highest BCUT2D eigenvalue weighted by Crippen LogP contribution is 1.94. The van der Waals surface area contributed by atoms with Crippen LogP contribution < -0.4 is 0 Å². The van der Waals surface area contributed by atoms with Gasteiger partial charge in [-0.3, -0.25) is 14.7 Å². The van der Waals surface area contributed by atoms with Crippen LogP contribution in [0.5, 0.6) is 0 Å². The predicted molar refractivity (Wildman–Crippen MR) is 71.5 cm³/mol. The number of hydrogen-bond acceptors (Lipinski definition) is 4. The Morgan fingerprint density at radius 1 is 1.50 bits per heavy atom. The van der Waals surface area contributed by atoms with Gasteiger partial charge in [-0.05, 0) is 6.42 Å². The summed E-state index contributed by atoms with van der Waals surface area (Å²) in [6, 6.07) is 0. The standard InChI is InChI=1S/C7H17NO.C5H6N2O2/c1-4-5-6-7-9-8(2)3;8-5(9)7-3-1-6-2-4-7/h4-7H2,1-3H3;1-3H,4H2,(H,8,9). The summed E-state index contributed by atoms with van der Waals surface area (Å²) in [7, 11) is 3.82. The molecule has 0 saturated carbocycles. The summed E-state index contributed by atoms with van der Waals surface area (Å²) in [5, 5.41) is 10.1. The molecule has 0 aromatic carbocycles. The Bertz CT molecular complexity index is 278. The molecule has 0 aliphatic carbocycles. The molecule has 104 valence electrons. The molecular formula is C12H23N3O3. The van der Waals surface area contributed by atoms with Crippen molar-refractivity contribution >= 4 is 12.3 Å². The van der Waals surface area contributed by atoms with Crippen LogP contribution in [0.15, 0.2) is 17.4 Å². The first-order valence-corrected chi connectivity index (χ1v) is 6.06. The Hall–Kier alpha value is -1.40. The normalized spacial score (nSPS) is 13.4. The second-order valence-corrected chi connectivity index (χ2v) is 3.92. The summed E-state index contributed by atoms with van der Waals surface area (Å²) < 4.78 is 0. The first-order valence-electron chi connectivity index (χ1n) is 6.06. The molecule has 0 radical (unpaired) electrons. The largest absolute Gasteiger partial charge is 0.465 e. The van der Waals surface area contributed by atoms with Crippen molar-refractivity contribution in [3.8, 4) is 0 Å². The highest BCUT2D eigenvalue weighted by Gasteiger charge is 2.06. The van der Waals surface area contributed by atoms with E-state index < -0.39 is 6.09 Å². The summed E-state index contributed by atoms with van der Waals surface area (Å²) in [4.78, 5) is 20.2. The van der Waals surface area contributed by atoms with Crippen LogP contribution in [0.4, 0.5) is 4.79 Å². The number of carboxylic acid groups (broad SMARTS) is 1. The summed E-state index contributed by atoms with van der Waals surface area (Å²) in [5.41, 5.74) is 0. The lowest BCUT2D eigenvalue weighted by Crippen LogP contribution is -2.26. The van der Waals surface area contributed by atoms with Crippen LogP contribution in [-0.4, -0.2) is 54.6 Å². The molecule has 6 heteroatoms. The fourth-order valence-electron chi connectivity index (χ4n) is 1.12. The average Bonchev–Trinajstić information content (AvgIpc) is 2.36. The summed E-state index contributed by atoms with van der Waals surface area (Å²) in [5.74, 6) is 0. The van der Waals surface area contributed by atoms with E-state index in [4.69, 9.17) is 9.94 Å². The van der Waals surface area contributed by atoms with E-state index in [1.54, 1.807) is 5.06 Å². The zero-order chi connectivity index (χ0) is 13.8. The molecule has 0 bridgehead atoms. The fraction of sp³-hybridized carbons (Fsp3) is 0.667. The number of amides is 1. The van der Waals surface area contributed by atoms with Gasteiger partial charge in [0.2, 0.25) is 0 Å². The molecule has 0 spiro atoms.